The second-order valence-electron chi connectivity index (χ2n) is 4.94. The second kappa shape index (κ2) is 6.85. The molecule has 0 bridgehead atoms. The van der Waals surface area contributed by atoms with Crippen LogP contribution in [-0.2, 0) is 12.8 Å². The summed E-state index contributed by atoms with van der Waals surface area (Å²) in [6.07, 6.45) is 5.41. The maximum Gasteiger partial charge on any atom is 0.226 e. The van der Waals surface area contributed by atoms with Crippen molar-refractivity contribution in [1.29, 1.82) is 0 Å². The number of aromatic nitrogens is 2. The Bertz CT molecular complexity index is 353. The number of likely N-dealkylation sites (tertiary alicyclic amines) is 1. The fourth-order valence-electron chi connectivity index (χ4n) is 2.64. The molecule has 1 aromatic rings. The number of rotatable bonds is 7. The first-order valence-electron chi connectivity index (χ1n) is 7.03. The van der Waals surface area contributed by atoms with Gasteiger partial charge in [0.25, 0.3) is 0 Å². The van der Waals surface area contributed by atoms with Gasteiger partial charge < -0.3 is 14.7 Å². The molecule has 0 radical (unpaired) electrons. The fourth-order valence-corrected chi connectivity index (χ4v) is 2.64. The van der Waals surface area contributed by atoms with Crippen molar-refractivity contribution < 1.29 is 4.52 Å². The maximum atomic E-state index is 5.28. The molecule has 1 unspecified atom stereocenters. The monoisotopic (exact) mass is 252 g/mol. The molecule has 1 fully saturated rings. The van der Waals surface area contributed by atoms with E-state index in [1.165, 1.54) is 19.4 Å². The summed E-state index contributed by atoms with van der Waals surface area (Å²) in [5, 5.41) is 7.21. The molecule has 0 aromatic carbocycles. The zero-order valence-electron chi connectivity index (χ0n) is 11.5. The minimum Gasteiger partial charge on any atom is -0.339 e. The van der Waals surface area contributed by atoms with E-state index in [2.05, 4.69) is 27.3 Å². The zero-order valence-corrected chi connectivity index (χ0v) is 11.5. The highest BCUT2D eigenvalue weighted by molar-refractivity contribution is 4.93. The number of aryl methyl sites for hydroxylation is 1. The molecule has 102 valence electrons. The highest BCUT2D eigenvalue weighted by atomic mass is 16.5. The molecule has 1 aromatic heterocycles. The van der Waals surface area contributed by atoms with Gasteiger partial charge in [0.15, 0.2) is 5.82 Å². The molecule has 1 aliphatic rings. The maximum absolute atomic E-state index is 5.28. The molecule has 0 spiro atoms. The quantitative estimate of drug-likeness (QED) is 0.740. The highest BCUT2D eigenvalue weighted by Crippen LogP contribution is 2.19. The number of nitrogens with zero attached hydrogens (tertiary/aromatic N) is 3. The summed E-state index contributed by atoms with van der Waals surface area (Å²) in [5.41, 5.74) is 0. The van der Waals surface area contributed by atoms with Gasteiger partial charge >= 0.3 is 0 Å². The first-order valence-corrected chi connectivity index (χ1v) is 7.03. The Morgan fingerprint density at radius 2 is 2.39 bits per heavy atom. The minimum absolute atomic E-state index is 0.609. The molecule has 5 nitrogen and oxygen atoms in total. The molecule has 18 heavy (non-hydrogen) atoms. The molecule has 2 rings (SSSR count). The van der Waals surface area contributed by atoms with E-state index < -0.39 is 0 Å². The smallest absolute Gasteiger partial charge is 0.226 e. The summed E-state index contributed by atoms with van der Waals surface area (Å²) in [6.45, 7) is 5.55. The third-order valence-electron chi connectivity index (χ3n) is 3.65. The van der Waals surface area contributed by atoms with Crippen LogP contribution < -0.4 is 5.32 Å². The Hall–Kier alpha value is -0.940. The third kappa shape index (κ3) is 3.53. The predicted octanol–water partition coefficient (Wildman–Crippen LogP) is 1.25. The molecule has 5 heteroatoms. The lowest BCUT2D eigenvalue weighted by molar-refractivity contribution is 0.261. The standard InChI is InChI=1S/C13H24N4O/c1-3-17-9-5-6-11(17)10-12-15-13(18-16-12)7-4-8-14-2/h11,14H,3-10H2,1-2H3. The summed E-state index contributed by atoms with van der Waals surface area (Å²) in [6, 6.07) is 0.609. The van der Waals surface area contributed by atoms with Gasteiger partial charge in [0.05, 0.1) is 0 Å². The van der Waals surface area contributed by atoms with Crippen LogP contribution in [0.4, 0.5) is 0 Å². The first-order chi connectivity index (χ1) is 8.83. The van der Waals surface area contributed by atoms with Crippen LogP contribution in [0.3, 0.4) is 0 Å². The average Bonchev–Trinajstić information content (AvgIpc) is 2.99. The van der Waals surface area contributed by atoms with Gasteiger partial charge in [-0.25, -0.2) is 0 Å². The second-order valence-corrected chi connectivity index (χ2v) is 4.94. The van der Waals surface area contributed by atoms with E-state index in [0.717, 1.165) is 44.1 Å². The van der Waals surface area contributed by atoms with Crippen LogP contribution >= 0.6 is 0 Å². The number of hydrogen-bond donors (Lipinski definition) is 1. The summed E-state index contributed by atoms with van der Waals surface area (Å²) in [4.78, 5) is 6.99. The zero-order chi connectivity index (χ0) is 12.8. The van der Waals surface area contributed by atoms with E-state index in [1.54, 1.807) is 0 Å². The molecule has 1 aliphatic heterocycles. The van der Waals surface area contributed by atoms with E-state index in [0.29, 0.717) is 6.04 Å². The normalized spacial score (nSPS) is 20.7. The predicted molar refractivity (Wildman–Crippen MR) is 70.5 cm³/mol. The van der Waals surface area contributed by atoms with Crippen molar-refractivity contribution in [2.24, 2.45) is 0 Å². The molecule has 1 atom stereocenters. The molecule has 1 N–H and O–H groups in total. The van der Waals surface area contributed by atoms with Gasteiger partial charge in [-0.3, -0.25) is 0 Å². The topological polar surface area (TPSA) is 54.2 Å². The Morgan fingerprint density at radius 3 is 3.17 bits per heavy atom. The SMILES string of the molecule is CCN1CCCC1Cc1noc(CCCNC)n1. The summed E-state index contributed by atoms with van der Waals surface area (Å²) in [5.74, 6) is 1.65. The lowest BCUT2D eigenvalue weighted by Crippen LogP contribution is -2.31. The van der Waals surface area contributed by atoms with Crippen molar-refractivity contribution in [3.05, 3.63) is 11.7 Å². The molecule has 1 saturated heterocycles. The molecule has 0 amide bonds. The van der Waals surface area contributed by atoms with Crippen LogP contribution in [0.2, 0.25) is 0 Å². The largest absolute Gasteiger partial charge is 0.339 e. The Morgan fingerprint density at radius 1 is 1.50 bits per heavy atom. The van der Waals surface area contributed by atoms with Crippen molar-refractivity contribution >= 4 is 0 Å². The third-order valence-corrected chi connectivity index (χ3v) is 3.65. The first kappa shape index (κ1) is 13.5. The van der Waals surface area contributed by atoms with Gasteiger partial charge in [-0.1, -0.05) is 12.1 Å². The van der Waals surface area contributed by atoms with E-state index in [9.17, 15) is 0 Å². The van der Waals surface area contributed by atoms with Crippen molar-refractivity contribution in [3.8, 4) is 0 Å². The van der Waals surface area contributed by atoms with E-state index >= 15 is 0 Å². The molecular formula is C13H24N4O. The molecule has 0 aliphatic carbocycles. The van der Waals surface area contributed by atoms with Gasteiger partial charge in [-0.05, 0) is 45.9 Å². The Kier molecular flexibility index (Phi) is 5.13. The lowest BCUT2D eigenvalue weighted by atomic mass is 10.1. The molecule has 0 saturated carbocycles. The van der Waals surface area contributed by atoms with Crippen LogP contribution in [-0.4, -0.2) is 47.8 Å². The summed E-state index contributed by atoms with van der Waals surface area (Å²) >= 11 is 0. The van der Waals surface area contributed by atoms with Gasteiger partial charge in [-0.15, -0.1) is 0 Å². The van der Waals surface area contributed by atoms with Crippen LogP contribution in [0.25, 0.3) is 0 Å². The van der Waals surface area contributed by atoms with Gasteiger partial charge in [-0.2, -0.15) is 4.98 Å². The Labute approximate surface area is 109 Å². The summed E-state index contributed by atoms with van der Waals surface area (Å²) < 4.78 is 5.28. The van der Waals surface area contributed by atoms with Gasteiger partial charge in [0.1, 0.15) is 0 Å². The van der Waals surface area contributed by atoms with Crippen molar-refractivity contribution in [2.45, 2.75) is 45.1 Å². The van der Waals surface area contributed by atoms with Crippen LogP contribution in [0, 0.1) is 0 Å². The molecule has 2 heterocycles. The highest BCUT2D eigenvalue weighted by Gasteiger charge is 2.24. The molecular weight excluding hydrogens is 228 g/mol. The Balaban J connectivity index is 1.82. The van der Waals surface area contributed by atoms with Crippen LogP contribution in [0.15, 0.2) is 4.52 Å². The minimum atomic E-state index is 0.609. The van der Waals surface area contributed by atoms with Crippen LogP contribution in [0.5, 0.6) is 0 Å². The van der Waals surface area contributed by atoms with Gasteiger partial charge in [0, 0.05) is 18.9 Å². The van der Waals surface area contributed by atoms with E-state index in [4.69, 9.17) is 4.52 Å². The van der Waals surface area contributed by atoms with Crippen molar-refractivity contribution in [2.75, 3.05) is 26.7 Å². The van der Waals surface area contributed by atoms with Gasteiger partial charge in [0.2, 0.25) is 5.89 Å². The van der Waals surface area contributed by atoms with Crippen molar-refractivity contribution in [3.63, 3.8) is 0 Å². The number of likely N-dealkylation sites (N-methyl/N-ethyl adjacent to an activating group) is 1. The number of nitrogens with one attached hydrogen (secondary N) is 1. The number of hydrogen-bond acceptors (Lipinski definition) is 5. The van der Waals surface area contributed by atoms with E-state index in [1.807, 2.05) is 7.05 Å². The van der Waals surface area contributed by atoms with Crippen LogP contribution in [0.1, 0.15) is 37.9 Å². The fraction of sp³-hybridized carbons (Fsp3) is 0.846. The summed E-state index contributed by atoms with van der Waals surface area (Å²) in [7, 11) is 1.96. The van der Waals surface area contributed by atoms with Crippen molar-refractivity contribution in [1.82, 2.24) is 20.4 Å². The van der Waals surface area contributed by atoms with E-state index in [-0.39, 0.29) is 0 Å². The average molecular weight is 252 g/mol. The lowest BCUT2D eigenvalue weighted by Gasteiger charge is -2.20.